The van der Waals surface area contributed by atoms with E-state index < -0.39 is 10.0 Å². The highest BCUT2D eigenvalue weighted by molar-refractivity contribution is 14.0. The maximum atomic E-state index is 11.8. The number of benzene rings is 1. The summed E-state index contributed by atoms with van der Waals surface area (Å²) in [7, 11) is -3.05. The van der Waals surface area contributed by atoms with Gasteiger partial charge in [0.15, 0.2) is 5.96 Å². The summed E-state index contributed by atoms with van der Waals surface area (Å²) in [6.45, 7) is 9.44. The van der Waals surface area contributed by atoms with E-state index in [1.165, 1.54) is 4.31 Å². The second-order valence-corrected chi connectivity index (χ2v) is 8.32. The minimum absolute atomic E-state index is 0. The van der Waals surface area contributed by atoms with Crippen molar-refractivity contribution in [2.24, 2.45) is 4.99 Å². The van der Waals surface area contributed by atoms with Gasteiger partial charge >= 0.3 is 0 Å². The highest BCUT2D eigenvalue weighted by Gasteiger charge is 2.27. The number of nitrogens with zero attached hydrogens (tertiary/aromatic N) is 2. The third-order valence-electron chi connectivity index (χ3n) is 4.13. The van der Waals surface area contributed by atoms with Crippen LogP contribution in [0, 0.1) is 6.92 Å². The van der Waals surface area contributed by atoms with Gasteiger partial charge in [0, 0.05) is 31.7 Å². The number of halogens is 1. The number of sulfonamides is 1. The molecule has 2 N–H and O–H groups in total. The molecule has 0 bridgehead atoms. The van der Waals surface area contributed by atoms with Crippen LogP contribution in [0.25, 0.3) is 0 Å². The Balaban J connectivity index is 0.00000364. The molecule has 9 heteroatoms. The van der Waals surface area contributed by atoms with E-state index in [9.17, 15) is 8.42 Å². The fraction of sp³-hybridized carbons (Fsp3) is 0.611. The van der Waals surface area contributed by atoms with E-state index in [0.717, 1.165) is 23.4 Å². The molecule has 1 heterocycles. The van der Waals surface area contributed by atoms with Gasteiger partial charge in [0.1, 0.15) is 5.75 Å². The minimum Gasteiger partial charge on any atom is -0.494 e. The summed E-state index contributed by atoms with van der Waals surface area (Å²) in [5, 5.41) is 6.40. The van der Waals surface area contributed by atoms with Gasteiger partial charge in [-0.1, -0.05) is 12.1 Å². The van der Waals surface area contributed by atoms with Crippen LogP contribution >= 0.6 is 24.0 Å². The number of hydrogen-bond donors (Lipinski definition) is 2. The van der Waals surface area contributed by atoms with Crippen molar-refractivity contribution >= 4 is 40.0 Å². The molecule has 154 valence electrons. The molecule has 0 unspecified atom stereocenters. The molecule has 0 radical (unpaired) electrons. The van der Waals surface area contributed by atoms with Gasteiger partial charge in [-0.25, -0.2) is 17.7 Å². The largest absolute Gasteiger partial charge is 0.494 e. The first-order valence-corrected chi connectivity index (χ1v) is 10.8. The number of rotatable bonds is 8. The van der Waals surface area contributed by atoms with Crippen molar-refractivity contribution in [2.75, 3.05) is 38.5 Å². The first-order chi connectivity index (χ1) is 12.5. The van der Waals surface area contributed by atoms with Crippen LogP contribution < -0.4 is 15.4 Å². The molecule has 0 atom stereocenters. The molecular formula is C18H31IN4O3S. The van der Waals surface area contributed by atoms with Crippen molar-refractivity contribution in [3.8, 4) is 5.75 Å². The van der Waals surface area contributed by atoms with Crippen molar-refractivity contribution in [2.45, 2.75) is 33.7 Å². The smallest absolute Gasteiger partial charge is 0.214 e. The van der Waals surface area contributed by atoms with Crippen LogP contribution in [0.15, 0.2) is 23.2 Å². The molecule has 1 aromatic carbocycles. The Morgan fingerprint density at radius 3 is 2.70 bits per heavy atom. The Morgan fingerprint density at radius 1 is 1.30 bits per heavy atom. The van der Waals surface area contributed by atoms with E-state index in [1.54, 1.807) is 0 Å². The normalized spacial score (nSPS) is 16.6. The molecule has 0 saturated carbocycles. The topological polar surface area (TPSA) is 83.0 Å². The number of ether oxygens (including phenoxy) is 1. The molecule has 7 nitrogen and oxygen atoms in total. The van der Waals surface area contributed by atoms with Gasteiger partial charge in [0.05, 0.1) is 18.9 Å². The predicted octanol–water partition coefficient (Wildman–Crippen LogP) is 2.10. The van der Waals surface area contributed by atoms with Crippen molar-refractivity contribution in [3.63, 3.8) is 0 Å². The van der Waals surface area contributed by atoms with Crippen LogP contribution in [0.1, 0.15) is 31.4 Å². The van der Waals surface area contributed by atoms with Crippen LogP contribution in [0.2, 0.25) is 0 Å². The minimum atomic E-state index is -3.05. The van der Waals surface area contributed by atoms with Crippen molar-refractivity contribution in [3.05, 3.63) is 29.3 Å². The Kier molecular flexibility index (Phi) is 10.4. The van der Waals surface area contributed by atoms with E-state index in [-0.39, 0.29) is 29.7 Å². The summed E-state index contributed by atoms with van der Waals surface area (Å²) in [5.41, 5.74) is 2.18. The summed E-state index contributed by atoms with van der Waals surface area (Å²) in [4.78, 5) is 4.60. The molecule has 1 aliphatic heterocycles. The Morgan fingerprint density at radius 2 is 2.07 bits per heavy atom. The summed E-state index contributed by atoms with van der Waals surface area (Å²) in [6.07, 6.45) is 0.712. The van der Waals surface area contributed by atoms with E-state index in [0.29, 0.717) is 45.2 Å². The highest BCUT2D eigenvalue weighted by atomic mass is 127. The molecule has 1 fully saturated rings. The molecule has 27 heavy (non-hydrogen) atoms. The molecule has 0 aliphatic carbocycles. The standard InChI is InChI=1S/C18H30N4O3S.HI/c1-4-19-18(20-9-11-22-10-6-12-26(22,23)24)21-14-16-8-7-15(3)13-17(16)25-5-2;/h7-8,13H,4-6,9-12,14H2,1-3H3,(H2,19,20,21);1H. The van der Waals surface area contributed by atoms with Gasteiger partial charge in [0.25, 0.3) is 0 Å². The molecule has 1 aromatic rings. The molecule has 1 aliphatic rings. The summed E-state index contributed by atoms with van der Waals surface area (Å²) < 4.78 is 30.9. The van der Waals surface area contributed by atoms with Crippen LogP contribution in [0.3, 0.4) is 0 Å². The number of aliphatic imine (C=N–C) groups is 1. The summed E-state index contributed by atoms with van der Waals surface area (Å²) >= 11 is 0. The number of nitrogens with one attached hydrogen (secondary N) is 2. The Bertz CT molecular complexity index is 725. The Hall–Kier alpha value is -1.07. The maximum absolute atomic E-state index is 11.8. The lowest BCUT2D eigenvalue weighted by Gasteiger charge is -2.16. The van der Waals surface area contributed by atoms with Crippen LogP contribution in [-0.2, 0) is 16.6 Å². The monoisotopic (exact) mass is 510 g/mol. The number of hydrogen-bond acceptors (Lipinski definition) is 4. The maximum Gasteiger partial charge on any atom is 0.214 e. The SMILES string of the molecule is CCNC(=NCc1ccc(C)cc1OCC)NCCN1CCCS1(=O)=O.I. The van der Waals surface area contributed by atoms with E-state index in [4.69, 9.17) is 4.74 Å². The van der Waals surface area contributed by atoms with Gasteiger partial charge < -0.3 is 15.4 Å². The zero-order chi connectivity index (χ0) is 19.0. The van der Waals surface area contributed by atoms with Gasteiger partial charge in [0.2, 0.25) is 10.0 Å². The van der Waals surface area contributed by atoms with E-state index >= 15 is 0 Å². The highest BCUT2D eigenvalue weighted by Crippen LogP contribution is 2.21. The predicted molar refractivity (Wildman–Crippen MR) is 121 cm³/mol. The van der Waals surface area contributed by atoms with Crippen LogP contribution in [0.5, 0.6) is 5.75 Å². The van der Waals surface area contributed by atoms with Crippen LogP contribution in [0.4, 0.5) is 0 Å². The molecule has 0 spiro atoms. The second-order valence-electron chi connectivity index (χ2n) is 6.23. The molecular weight excluding hydrogens is 479 g/mol. The molecule has 1 saturated heterocycles. The fourth-order valence-electron chi connectivity index (χ4n) is 2.83. The quantitative estimate of drug-likeness (QED) is 0.318. The fourth-order valence-corrected chi connectivity index (χ4v) is 4.36. The van der Waals surface area contributed by atoms with Gasteiger partial charge in [-0.3, -0.25) is 0 Å². The van der Waals surface area contributed by atoms with Gasteiger partial charge in [-0.15, -0.1) is 24.0 Å². The number of guanidine groups is 1. The van der Waals surface area contributed by atoms with Crippen molar-refractivity contribution in [1.82, 2.24) is 14.9 Å². The second kappa shape index (κ2) is 11.7. The first kappa shape index (κ1) is 24.0. The molecule has 0 amide bonds. The third kappa shape index (κ3) is 7.46. The zero-order valence-corrected chi connectivity index (χ0v) is 19.5. The lowest BCUT2D eigenvalue weighted by atomic mass is 10.1. The van der Waals surface area contributed by atoms with Crippen molar-refractivity contribution < 1.29 is 13.2 Å². The lowest BCUT2D eigenvalue weighted by molar-refractivity contribution is 0.336. The first-order valence-electron chi connectivity index (χ1n) is 9.18. The molecule has 0 aromatic heterocycles. The van der Waals surface area contributed by atoms with Crippen molar-refractivity contribution in [1.29, 1.82) is 0 Å². The number of aryl methyl sites for hydroxylation is 1. The van der Waals surface area contributed by atoms with Crippen LogP contribution in [-0.4, -0.2) is 57.2 Å². The van der Waals surface area contributed by atoms with Gasteiger partial charge in [-0.05, 0) is 38.8 Å². The Labute approximate surface area is 180 Å². The lowest BCUT2D eigenvalue weighted by Crippen LogP contribution is -2.42. The molecule has 2 rings (SSSR count). The third-order valence-corrected chi connectivity index (χ3v) is 6.09. The summed E-state index contributed by atoms with van der Waals surface area (Å²) in [5.74, 6) is 1.79. The van der Waals surface area contributed by atoms with E-state index in [1.807, 2.05) is 39.0 Å². The zero-order valence-electron chi connectivity index (χ0n) is 16.3. The summed E-state index contributed by atoms with van der Waals surface area (Å²) in [6, 6.07) is 6.10. The average molecular weight is 510 g/mol. The van der Waals surface area contributed by atoms with Gasteiger partial charge in [-0.2, -0.15) is 0 Å². The van der Waals surface area contributed by atoms with E-state index in [2.05, 4.69) is 15.6 Å². The average Bonchev–Trinajstić information content (AvgIpc) is 2.93.